The van der Waals surface area contributed by atoms with Crippen molar-refractivity contribution in [3.8, 4) is 0 Å². The van der Waals surface area contributed by atoms with Crippen molar-refractivity contribution >= 4 is 53.4 Å². The quantitative estimate of drug-likeness (QED) is 0.207. The molecular weight excluding hydrogens is 640 g/mol. The minimum Gasteiger partial charge on any atom is -0.292 e. The van der Waals surface area contributed by atoms with Crippen LogP contribution in [0.1, 0.15) is 40.5 Å². The fraction of sp³-hybridized carbons (Fsp3) is 0.444. The first-order valence-corrected chi connectivity index (χ1v) is 23.4. The fourth-order valence-electron chi connectivity index (χ4n) is 5.72. The van der Waals surface area contributed by atoms with Gasteiger partial charge < -0.3 is 0 Å². The largest absolute Gasteiger partial charge is 0.292 e. The van der Waals surface area contributed by atoms with Gasteiger partial charge in [0.2, 0.25) is 0 Å². The summed E-state index contributed by atoms with van der Waals surface area (Å²) in [5.41, 5.74) is 5.16. The van der Waals surface area contributed by atoms with E-state index in [1.54, 1.807) is 0 Å². The molecule has 244 valence electrons. The second-order valence-corrected chi connectivity index (χ2v) is 21.5. The smallest absolute Gasteiger partial charge is 0.0643 e. The minimum atomic E-state index is -0.420. The predicted octanol–water partition coefficient (Wildman–Crippen LogP) is 6.84. The van der Waals surface area contributed by atoms with Gasteiger partial charge in [0.15, 0.2) is 0 Å². The second kappa shape index (κ2) is 18.7. The van der Waals surface area contributed by atoms with E-state index in [-0.39, 0.29) is 0 Å². The van der Waals surface area contributed by atoms with Crippen molar-refractivity contribution in [2.75, 3.05) is 49.8 Å². The van der Waals surface area contributed by atoms with Crippen LogP contribution in [0.2, 0.25) is 0 Å². The van der Waals surface area contributed by atoms with Gasteiger partial charge in [-0.3, -0.25) is 29.7 Å². The summed E-state index contributed by atoms with van der Waals surface area (Å²) < 4.78 is 0. The van der Waals surface area contributed by atoms with Crippen LogP contribution in [0, 0.1) is 0 Å². The molecule has 46 heavy (non-hydrogen) atoms. The first kappa shape index (κ1) is 35.5. The van der Waals surface area contributed by atoms with Crippen molar-refractivity contribution < 1.29 is 0 Å². The van der Waals surface area contributed by atoms with Crippen molar-refractivity contribution in [3.05, 3.63) is 97.6 Å². The third kappa shape index (κ3) is 10.6. The average molecular weight is 691 g/mol. The zero-order valence-corrected chi connectivity index (χ0v) is 31.5. The van der Waals surface area contributed by atoms with Gasteiger partial charge in [0.1, 0.15) is 0 Å². The van der Waals surface area contributed by atoms with Crippen molar-refractivity contribution in [2.24, 2.45) is 0 Å². The number of rotatable bonds is 6. The summed E-state index contributed by atoms with van der Waals surface area (Å²) in [5, 5.41) is 0. The Morgan fingerprint density at radius 2 is 0.696 bits per heavy atom. The van der Waals surface area contributed by atoms with Crippen LogP contribution < -0.4 is 21.7 Å². The third-order valence-electron chi connectivity index (χ3n) is 8.48. The molecule has 4 aromatic rings. The summed E-state index contributed by atoms with van der Waals surface area (Å²) in [4.78, 5) is 25.2. The SMILES string of the molecule is CC(C)N1CP(c2ccccn2)CCCP(c2ccccn2)CN(C(C)C)CP(c2ccccn2)CCCP(c2ccccn2)C1. The first-order chi connectivity index (χ1) is 22.5. The van der Waals surface area contributed by atoms with Gasteiger partial charge >= 0.3 is 0 Å². The Kier molecular flexibility index (Phi) is 14.4. The van der Waals surface area contributed by atoms with Crippen molar-refractivity contribution in [2.45, 2.75) is 52.6 Å². The molecule has 4 unspecified atom stereocenters. The summed E-state index contributed by atoms with van der Waals surface area (Å²) in [5.74, 6) is 0. The van der Waals surface area contributed by atoms with Crippen LogP contribution in [-0.2, 0) is 0 Å². The number of nitrogens with zero attached hydrogens (tertiary/aromatic N) is 6. The molecule has 5 heterocycles. The molecule has 0 spiro atoms. The maximum Gasteiger partial charge on any atom is 0.0643 e. The van der Waals surface area contributed by atoms with E-state index in [1.165, 1.54) is 59.2 Å². The molecule has 1 aliphatic rings. The molecular formula is C36H50N6P4. The number of hydrogen-bond acceptors (Lipinski definition) is 6. The lowest BCUT2D eigenvalue weighted by atomic mass is 10.4. The highest BCUT2D eigenvalue weighted by molar-refractivity contribution is 7.67. The van der Waals surface area contributed by atoms with Crippen LogP contribution >= 0.6 is 31.7 Å². The molecule has 0 aliphatic carbocycles. The van der Waals surface area contributed by atoms with Crippen LogP contribution in [0.25, 0.3) is 0 Å². The Morgan fingerprint density at radius 3 is 0.891 bits per heavy atom. The fourth-order valence-corrected chi connectivity index (χ4v) is 16.3. The standard InChI is InChI=1S/C36H50N6P4/c1-31(2)41-27-43(33-15-5-9-19-37-33)23-13-25-45(35-17-7-11-21-39-35)29-42(32(3)4)30-46(36-18-8-12-22-40-36)26-14-24-44(28-41)34-16-6-10-20-38-34/h5-12,15-22,31-32H,13-14,23-30H2,1-4H3. The average Bonchev–Trinajstić information content (AvgIpc) is 3.09. The molecule has 6 nitrogen and oxygen atoms in total. The molecule has 0 radical (unpaired) electrons. The highest BCUT2D eigenvalue weighted by atomic mass is 31.1. The molecule has 4 atom stereocenters. The molecule has 0 saturated carbocycles. The lowest BCUT2D eigenvalue weighted by molar-refractivity contribution is 0.303. The Morgan fingerprint density at radius 1 is 0.435 bits per heavy atom. The highest BCUT2D eigenvalue weighted by Gasteiger charge is 2.27. The zero-order valence-electron chi connectivity index (χ0n) is 27.9. The van der Waals surface area contributed by atoms with Gasteiger partial charge in [0.25, 0.3) is 0 Å². The molecule has 10 heteroatoms. The summed E-state index contributed by atoms with van der Waals surface area (Å²) in [6.07, 6.45) is 19.5. The predicted molar refractivity (Wildman–Crippen MR) is 205 cm³/mol. The summed E-state index contributed by atoms with van der Waals surface area (Å²) >= 11 is 0. The van der Waals surface area contributed by atoms with Crippen LogP contribution in [0.5, 0.6) is 0 Å². The zero-order chi connectivity index (χ0) is 32.1. The normalized spacial score (nSPS) is 23.4. The van der Waals surface area contributed by atoms with E-state index in [2.05, 4.69) is 110 Å². The van der Waals surface area contributed by atoms with E-state index in [0.717, 1.165) is 25.1 Å². The topological polar surface area (TPSA) is 58.0 Å². The number of pyridine rings is 4. The molecule has 5 rings (SSSR count). The summed E-state index contributed by atoms with van der Waals surface area (Å²) in [6.45, 7) is 9.49. The van der Waals surface area contributed by atoms with Gasteiger partial charge in [-0.1, -0.05) is 24.3 Å². The van der Waals surface area contributed by atoms with Gasteiger partial charge in [-0.25, -0.2) is 0 Å². The highest BCUT2D eigenvalue weighted by Crippen LogP contribution is 2.46. The lowest BCUT2D eigenvalue weighted by Crippen LogP contribution is -2.36. The van der Waals surface area contributed by atoms with Gasteiger partial charge in [0.05, 0.1) is 21.7 Å². The lowest BCUT2D eigenvalue weighted by Gasteiger charge is -2.36. The van der Waals surface area contributed by atoms with Crippen LogP contribution in [-0.4, -0.2) is 91.6 Å². The Bertz CT molecular complexity index is 1190. The van der Waals surface area contributed by atoms with E-state index in [0.29, 0.717) is 12.1 Å². The molecule has 4 aromatic heterocycles. The Balaban J connectivity index is 1.49. The molecule has 0 bridgehead atoms. The molecule has 0 N–H and O–H groups in total. The van der Waals surface area contributed by atoms with Gasteiger partial charge in [0, 0.05) is 62.0 Å². The first-order valence-electron chi connectivity index (χ1n) is 16.6. The van der Waals surface area contributed by atoms with E-state index >= 15 is 0 Å². The van der Waals surface area contributed by atoms with Crippen LogP contribution in [0.4, 0.5) is 0 Å². The molecule has 1 fully saturated rings. The van der Waals surface area contributed by atoms with Gasteiger partial charge in [-0.15, -0.1) is 0 Å². The van der Waals surface area contributed by atoms with Gasteiger partial charge in [-0.2, -0.15) is 0 Å². The van der Waals surface area contributed by atoms with Crippen molar-refractivity contribution in [3.63, 3.8) is 0 Å². The Labute approximate surface area is 282 Å². The van der Waals surface area contributed by atoms with Crippen LogP contribution in [0.15, 0.2) is 97.6 Å². The number of aromatic nitrogens is 4. The molecule has 1 saturated heterocycles. The van der Waals surface area contributed by atoms with E-state index in [1.807, 2.05) is 24.8 Å². The van der Waals surface area contributed by atoms with E-state index in [4.69, 9.17) is 19.9 Å². The van der Waals surface area contributed by atoms with E-state index in [9.17, 15) is 0 Å². The minimum absolute atomic E-state index is 0.420. The van der Waals surface area contributed by atoms with Gasteiger partial charge in [-0.05, 0) is 145 Å². The van der Waals surface area contributed by atoms with Crippen molar-refractivity contribution in [1.29, 1.82) is 0 Å². The number of hydrogen-bond donors (Lipinski definition) is 0. The summed E-state index contributed by atoms with van der Waals surface area (Å²) in [6, 6.07) is 26.9. The molecule has 0 aromatic carbocycles. The maximum atomic E-state index is 4.93. The molecule has 1 aliphatic heterocycles. The Hall–Kier alpha value is -1.76. The van der Waals surface area contributed by atoms with Crippen LogP contribution in [0.3, 0.4) is 0 Å². The van der Waals surface area contributed by atoms with E-state index < -0.39 is 31.7 Å². The van der Waals surface area contributed by atoms with Crippen molar-refractivity contribution in [1.82, 2.24) is 29.7 Å². The second-order valence-electron chi connectivity index (χ2n) is 12.4. The maximum absolute atomic E-state index is 4.93. The third-order valence-corrected chi connectivity index (χ3v) is 18.4. The monoisotopic (exact) mass is 690 g/mol. The molecule has 0 amide bonds. The summed E-state index contributed by atoms with van der Waals surface area (Å²) in [7, 11) is -1.68.